The lowest BCUT2D eigenvalue weighted by Crippen LogP contribution is -2.87. The van der Waals surface area contributed by atoms with Gasteiger partial charge in [0.05, 0.1) is 16.1 Å². The number of nitrogens with one attached hydrogen (secondary N) is 1. The number of carbonyl (C=O) groups excluding carboxylic acids is 1. The van der Waals surface area contributed by atoms with Crippen molar-refractivity contribution in [2.45, 2.75) is 12.2 Å². The van der Waals surface area contributed by atoms with Crippen LogP contribution in [0.5, 0.6) is 0 Å². The molecule has 0 spiro atoms. The molecule has 0 aliphatic rings. The molecular formula is C20H18F3N2OS+. The maximum atomic E-state index is 13.1. The minimum Gasteiger partial charge on any atom is -0.328 e. The summed E-state index contributed by atoms with van der Waals surface area (Å²) in [5.41, 5.74) is -0.0459. The number of quaternary nitrogens is 1. The fraction of sp³-hybridized carbons (Fsp3) is 0.150. The first-order chi connectivity index (χ1) is 12.9. The highest BCUT2D eigenvalue weighted by Crippen LogP contribution is 2.34. The number of halogens is 3. The van der Waals surface area contributed by atoms with E-state index in [1.807, 2.05) is 53.2 Å². The number of carbonyl (C=O) groups is 1. The van der Waals surface area contributed by atoms with Crippen LogP contribution >= 0.6 is 11.3 Å². The number of alkyl halides is 3. The summed E-state index contributed by atoms with van der Waals surface area (Å²) in [5.74, 6) is -0.482. The Labute approximate surface area is 158 Å². The summed E-state index contributed by atoms with van der Waals surface area (Å²) in [4.78, 5) is 13.4. The molecule has 0 saturated heterocycles. The van der Waals surface area contributed by atoms with E-state index in [0.29, 0.717) is 0 Å². The van der Waals surface area contributed by atoms with E-state index < -0.39 is 17.6 Å². The summed E-state index contributed by atoms with van der Waals surface area (Å²) >= 11 is 1.58. The number of rotatable bonds is 6. The quantitative estimate of drug-likeness (QED) is 0.654. The largest absolute Gasteiger partial charge is 0.418 e. The number of benzene rings is 2. The Bertz CT molecular complexity index is 880. The molecule has 1 aromatic heterocycles. The first-order valence-corrected chi connectivity index (χ1v) is 9.21. The second-order valence-corrected chi connectivity index (χ2v) is 6.91. The second-order valence-electron chi connectivity index (χ2n) is 5.94. The Hall–Kier alpha value is -2.64. The van der Waals surface area contributed by atoms with Crippen LogP contribution in [0.25, 0.3) is 0 Å². The van der Waals surface area contributed by atoms with Crippen molar-refractivity contribution in [1.29, 1.82) is 0 Å². The summed E-state index contributed by atoms with van der Waals surface area (Å²) in [6, 6.07) is 18.5. The van der Waals surface area contributed by atoms with Gasteiger partial charge in [-0.15, -0.1) is 11.3 Å². The zero-order valence-corrected chi connectivity index (χ0v) is 15.1. The van der Waals surface area contributed by atoms with Gasteiger partial charge < -0.3 is 10.6 Å². The third-order valence-corrected chi connectivity index (χ3v) is 5.01. The second kappa shape index (κ2) is 8.37. The van der Waals surface area contributed by atoms with Crippen LogP contribution in [0.2, 0.25) is 0 Å². The molecular weight excluding hydrogens is 373 g/mol. The maximum Gasteiger partial charge on any atom is 0.418 e. The Balaban J connectivity index is 1.71. The van der Waals surface area contributed by atoms with Crippen molar-refractivity contribution >= 4 is 22.9 Å². The van der Waals surface area contributed by atoms with E-state index in [1.54, 1.807) is 11.3 Å². The van der Waals surface area contributed by atoms with E-state index >= 15 is 0 Å². The van der Waals surface area contributed by atoms with Crippen LogP contribution in [-0.2, 0) is 11.0 Å². The molecule has 0 fully saturated rings. The van der Waals surface area contributed by atoms with Crippen molar-refractivity contribution in [2.75, 3.05) is 11.9 Å². The molecule has 2 aromatic carbocycles. The summed E-state index contributed by atoms with van der Waals surface area (Å²) in [6.07, 6.45) is -4.52. The van der Waals surface area contributed by atoms with Gasteiger partial charge in [-0.25, -0.2) is 0 Å². The van der Waals surface area contributed by atoms with Gasteiger partial charge in [0, 0.05) is 5.56 Å². The summed E-state index contributed by atoms with van der Waals surface area (Å²) in [6.45, 7) is 0.00362. The minimum absolute atomic E-state index is 0.00362. The van der Waals surface area contributed by atoms with Gasteiger partial charge in [0.25, 0.3) is 5.91 Å². The topological polar surface area (TPSA) is 45.7 Å². The average Bonchev–Trinajstić information content (AvgIpc) is 3.17. The predicted octanol–water partition coefficient (Wildman–Crippen LogP) is 4.06. The monoisotopic (exact) mass is 391 g/mol. The molecule has 3 aromatic rings. The molecule has 3 N–H and O–H groups in total. The van der Waals surface area contributed by atoms with Crippen molar-refractivity contribution in [2.24, 2.45) is 0 Å². The highest BCUT2D eigenvalue weighted by atomic mass is 32.1. The molecule has 0 bridgehead atoms. The van der Waals surface area contributed by atoms with Crippen LogP contribution in [0.15, 0.2) is 72.1 Å². The van der Waals surface area contributed by atoms with Gasteiger partial charge in [0.15, 0.2) is 6.54 Å². The first-order valence-electron chi connectivity index (χ1n) is 8.33. The van der Waals surface area contributed by atoms with Crippen LogP contribution in [0.4, 0.5) is 18.9 Å². The highest BCUT2D eigenvalue weighted by Gasteiger charge is 2.33. The summed E-state index contributed by atoms with van der Waals surface area (Å²) in [7, 11) is 0. The molecule has 7 heteroatoms. The summed E-state index contributed by atoms with van der Waals surface area (Å²) in [5, 5.41) is 6.17. The van der Waals surface area contributed by atoms with E-state index in [-0.39, 0.29) is 18.3 Å². The van der Waals surface area contributed by atoms with Crippen molar-refractivity contribution < 1.29 is 23.3 Å². The maximum absolute atomic E-state index is 13.1. The van der Waals surface area contributed by atoms with Gasteiger partial charge in [-0.3, -0.25) is 4.79 Å². The molecule has 0 unspecified atom stereocenters. The number of amides is 1. The van der Waals surface area contributed by atoms with E-state index in [2.05, 4.69) is 5.32 Å². The molecule has 140 valence electrons. The molecule has 0 aliphatic carbocycles. The first kappa shape index (κ1) is 19.1. The lowest BCUT2D eigenvalue weighted by molar-refractivity contribution is -0.675. The normalized spacial score (nSPS) is 12.6. The number of hydrogen-bond donors (Lipinski definition) is 2. The van der Waals surface area contributed by atoms with Crippen molar-refractivity contribution in [3.8, 4) is 0 Å². The molecule has 1 atom stereocenters. The van der Waals surface area contributed by atoms with Crippen LogP contribution in [0, 0.1) is 0 Å². The number of para-hydroxylation sites is 1. The SMILES string of the molecule is O=C(C[NH2+][C@H](c1ccccc1)c1cccs1)Nc1ccccc1C(F)(F)F. The van der Waals surface area contributed by atoms with Gasteiger partial charge in [-0.05, 0) is 23.6 Å². The summed E-state index contributed by atoms with van der Waals surface area (Å²) < 4.78 is 39.2. The van der Waals surface area contributed by atoms with Crippen molar-refractivity contribution in [1.82, 2.24) is 0 Å². The molecule has 0 saturated carbocycles. The van der Waals surface area contributed by atoms with Gasteiger partial charge >= 0.3 is 6.18 Å². The number of nitrogens with two attached hydrogens (primary N) is 1. The van der Waals surface area contributed by atoms with Gasteiger partial charge in [0.2, 0.25) is 0 Å². The number of thiophene rings is 1. The average molecular weight is 391 g/mol. The molecule has 27 heavy (non-hydrogen) atoms. The lowest BCUT2D eigenvalue weighted by Gasteiger charge is -2.16. The Morgan fingerprint density at radius 2 is 1.70 bits per heavy atom. The van der Waals surface area contributed by atoms with Gasteiger partial charge in [-0.1, -0.05) is 48.5 Å². The Morgan fingerprint density at radius 1 is 1.00 bits per heavy atom. The van der Waals surface area contributed by atoms with Crippen molar-refractivity contribution in [3.05, 3.63) is 88.1 Å². The predicted molar refractivity (Wildman–Crippen MR) is 99.5 cm³/mol. The van der Waals surface area contributed by atoms with E-state index in [4.69, 9.17) is 0 Å². The third kappa shape index (κ3) is 4.96. The molecule has 1 heterocycles. The van der Waals surface area contributed by atoms with E-state index in [9.17, 15) is 18.0 Å². The standard InChI is InChI=1S/C20H17F3N2OS/c21-20(22,23)15-9-4-5-10-16(15)25-18(26)13-24-19(17-11-6-12-27-17)14-7-2-1-3-8-14/h1-12,19,24H,13H2,(H,25,26)/p+1/t19-/m1/s1. The number of hydrogen-bond acceptors (Lipinski definition) is 2. The third-order valence-electron chi connectivity index (χ3n) is 4.05. The van der Waals surface area contributed by atoms with Crippen molar-refractivity contribution in [3.63, 3.8) is 0 Å². The molecule has 0 radical (unpaired) electrons. The van der Waals surface area contributed by atoms with Crippen LogP contribution in [0.3, 0.4) is 0 Å². The number of anilines is 1. The van der Waals surface area contributed by atoms with Gasteiger partial charge in [0.1, 0.15) is 6.04 Å². The highest BCUT2D eigenvalue weighted by molar-refractivity contribution is 7.10. The molecule has 1 amide bonds. The molecule has 3 rings (SSSR count). The van der Waals surface area contributed by atoms with Crippen LogP contribution in [-0.4, -0.2) is 12.5 Å². The Kier molecular flexibility index (Phi) is 5.93. The van der Waals surface area contributed by atoms with Crippen LogP contribution in [0.1, 0.15) is 22.0 Å². The van der Waals surface area contributed by atoms with Crippen LogP contribution < -0.4 is 10.6 Å². The zero-order valence-electron chi connectivity index (χ0n) is 14.2. The zero-order chi connectivity index (χ0) is 19.3. The van der Waals surface area contributed by atoms with E-state index in [1.165, 1.54) is 18.2 Å². The fourth-order valence-electron chi connectivity index (χ4n) is 2.81. The molecule has 0 aliphatic heterocycles. The Morgan fingerprint density at radius 3 is 2.37 bits per heavy atom. The molecule has 3 nitrogen and oxygen atoms in total. The smallest absolute Gasteiger partial charge is 0.328 e. The minimum atomic E-state index is -4.52. The van der Waals surface area contributed by atoms with E-state index in [0.717, 1.165) is 16.5 Å². The fourth-order valence-corrected chi connectivity index (χ4v) is 3.66. The van der Waals surface area contributed by atoms with Gasteiger partial charge in [-0.2, -0.15) is 13.2 Å². The lowest BCUT2D eigenvalue weighted by atomic mass is 10.1.